The molecule has 0 aliphatic rings. The molecule has 2 aromatic heterocycles. The van der Waals surface area contributed by atoms with E-state index >= 15 is 0 Å². The third-order valence-corrected chi connectivity index (χ3v) is 5.26. The van der Waals surface area contributed by atoms with Gasteiger partial charge in [0.15, 0.2) is 5.13 Å². The Morgan fingerprint density at radius 2 is 2.26 bits per heavy atom. The van der Waals surface area contributed by atoms with E-state index in [4.69, 9.17) is 0 Å². The van der Waals surface area contributed by atoms with Crippen LogP contribution in [0.15, 0.2) is 21.4 Å². The highest BCUT2D eigenvalue weighted by atomic mass is 79.9. The summed E-state index contributed by atoms with van der Waals surface area (Å²) in [7, 11) is 2.09. The normalized spacial score (nSPS) is 11.2. The Hall–Kier alpha value is -0.430. The second-order valence-corrected chi connectivity index (χ2v) is 8.14. The Kier molecular flexibility index (Phi) is 5.38. The van der Waals surface area contributed by atoms with Crippen LogP contribution in [-0.2, 0) is 13.1 Å². The first kappa shape index (κ1) is 15.0. The number of aromatic nitrogens is 1. The van der Waals surface area contributed by atoms with Crippen molar-refractivity contribution >= 4 is 43.7 Å². The van der Waals surface area contributed by atoms with Crippen molar-refractivity contribution in [2.45, 2.75) is 33.0 Å². The number of thiophene rings is 1. The topological polar surface area (TPSA) is 28.2 Å². The average molecular weight is 360 g/mol. The molecule has 0 aliphatic carbocycles. The van der Waals surface area contributed by atoms with Crippen LogP contribution < -0.4 is 10.2 Å². The summed E-state index contributed by atoms with van der Waals surface area (Å²) < 4.78 is 1.18. The van der Waals surface area contributed by atoms with Crippen LogP contribution in [0.3, 0.4) is 0 Å². The van der Waals surface area contributed by atoms with Crippen LogP contribution in [0.2, 0.25) is 0 Å². The molecule has 0 amide bonds. The summed E-state index contributed by atoms with van der Waals surface area (Å²) in [6.45, 7) is 6.10. The lowest BCUT2D eigenvalue weighted by Crippen LogP contribution is -2.21. The summed E-state index contributed by atoms with van der Waals surface area (Å²) in [6.07, 6.45) is 1.97. The molecule has 3 nitrogen and oxygen atoms in total. The van der Waals surface area contributed by atoms with Crippen molar-refractivity contribution in [1.29, 1.82) is 0 Å². The highest BCUT2D eigenvalue weighted by Crippen LogP contribution is 2.26. The lowest BCUT2D eigenvalue weighted by Gasteiger charge is -2.14. The third kappa shape index (κ3) is 4.56. The van der Waals surface area contributed by atoms with E-state index in [1.807, 2.05) is 6.20 Å². The second-order valence-electron chi connectivity index (χ2n) is 4.76. The zero-order valence-electron chi connectivity index (χ0n) is 11.3. The average Bonchev–Trinajstić information content (AvgIpc) is 2.95. The largest absolute Gasteiger partial charge is 0.347 e. The Bertz CT molecular complexity index is 521. The molecule has 0 atom stereocenters. The van der Waals surface area contributed by atoms with Crippen molar-refractivity contribution in [3.05, 3.63) is 31.9 Å². The Morgan fingerprint density at radius 3 is 2.89 bits per heavy atom. The van der Waals surface area contributed by atoms with Gasteiger partial charge in [-0.1, -0.05) is 13.8 Å². The smallest absolute Gasteiger partial charge is 0.185 e. The fourth-order valence-electron chi connectivity index (χ4n) is 1.63. The Labute approximate surface area is 130 Å². The zero-order valence-corrected chi connectivity index (χ0v) is 14.5. The van der Waals surface area contributed by atoms with Crippen molar-refractivity contribution in [2.24, 2.45) is 0 Å². The van der Waals surface area contributed by atoms with E-state index in [1.165, 1.54) is 14.2 Å². The van der Waals surface area contributed by atoms with Gasteiger partial charge < -0.3 is 10.2 Å². The SMILES string of the molecule is CC(C)NCc1cnc(N(C)Cc2csc(Br)c2)s1. The number of anilines is 1. The quantitative estimate of drug-likeness (QED) is 0.841. The Morgan fingerprint density at radius 1 is 1.47 bits per heavy atom. The van der Waals surface area contributed by atoms with E-state index in [1.54, 1.807) is 22.7 Å². The van der Waals surface area contributed by atoms with E-state index < -0.39 is 0 Å². The van der Waals surface area contributed by atoms with Crippen molar-refractivity contribution in [1.82, 2.24) is 10.3 Å². The molecule has 6 heteroatoms. The fourth-order valence-corrected chi connectivity index (χ4v) is 3.65. The second kappa shape index (κ2) is 6.83. The molecule has 0 radical (unpaired) electrons. The molecule has 1 N–H and O–H groups in total. The van der Waals surface area contributed by atoms with Crippen LogP contribution >= 0.6 is 38.6 Å². The van der Waals surface area contributed by atoms with Gasteiger partial charge in [-0.05, 0) is 32.9 Å². The van der Waals surface area contributed by atoms with Crippen LogP contribution in [0, 0.1) is 0 Å². The molecule has 0 aliphatic heterocycles. The first-order valence-electron chi connectivity index (χ1n) is 6.16. The molecule has 2 rings (SSSR count). The minimum atomic E-state index is 0.506. The highest BCUT2D eigenvalue weighted by Gasteiger charge is 2.09. The van der Waals surface area contributed by atoms with Crippen LogP contribution in [0.5, 0.6) is 0 Å². The minimum absolute atomic E-state index is 0.506. The number of hydrogen-bond donors (Lipinski definition) is 1. The molecular weight excluding hydrogens is 342 g/mol. The van der Waals surface area contributed by atoms with E-state index in [0.29, 0.717) is 6.04 Å². The van der Waals surface area contributed by atoms with Crippen molar-refractivity contribution in [2.75, 3.05) is 11.9 Å². The molecule has 0 saturated carbocycles. The maximum absolute atomic E-state index is 4.49. The van der Waals surface area contributed by atoms with Gasteiger partial charge in [0, 0.05) is 37.3 Å². The summed E-state index contributed by atoms with van der Waals surface area (Å²) in [5.74, 6) is 0. The lowest BCUT2D eigenvalue weighted by atomic mass is 10.3. The summed E-state index contributed by atoms with van der Waals surface area (Å²) in [5, 5.41) is 6.66. The van der Waals surface area contributed by atoms with Gasteiger partial charge in [-0.3, -0.25) is 0 Å². The standard InChI is InChI=1S/C13H18BrN3S2/c1-9(2)15-5-11-6-16-13(19-11)17(3)7-10-4-12(14)18-8-10/h4,6,8-9,15H,5,7H2,1-3H3. The van der Waals surface area contributed by atoms with Gasteiger partial charge >= 0.3 is 0 Å². The summed E-state index contributed by atoms with van der Waals surface area (Å²) in [5.41, 5.74) is 1.32. The molecule has 0 saturated heterocycles. The summed E-state index contributed by atoms with van der Waals surface area (Å²) in [4.78, 5) is 7.97. The van der Waals surface area contributed by atoms with Gasteiger partial charge in [0.25, 0.3) is 0 Å². The summed E-state index contributed by atoms with van der Waals surface area (Å²) >= 11 is 6.97. The van der Waals surface area contributed by atoms with Gasteiger partial charge in [0.05, 0.1) is 3.79 Å². The van der Waals surface area contributed by atoms with Crippen LogP contribution in [0.1, 0.15) is 24.3 Å². The molecule has 0 bridgehead atoms. The lowest BCUT2D eigenvalue weighted by molar-refractivity contribution is 0.593. The minimum Gasteiger partial charge on any atom is -0.347 e. The zero-order chi connectivity index (χ0) is 13.8. The number of nitrogens with zero attached hydrogens (tertiary/aromatic N) is 2. The van der Waals surface area contributed by atoms with Gasteiger partial charge in [0.2, 0.25) is 0 Å². The number of rotatable bonds is 6. The number of halogens is 1. The predicted molar refractivity (Wildman–Crippen MR) is 88.2 cm³/mol. The molecule has 0 unspecified atom stereocenters. The van der Waals surface area contributed by atoms with E-state index in [9.17, 15) is 0 Å². The van der Waals surface area contributed by atoms with Crippen molar-refractivity contribution in [3.63, 3.8) is 0 Å². The third-order valence-electron chi connectivity index (χ3n) is 2.59. The number of hydrogen-bond acceptors (Lipinski definition) is 5. The maximum atomic E-state index is 4.49. The molecule has 2 heterocycles. The van der Waals surface area contributed by atoms with Crippen LogP contribution in [0.25, 0.3) is 0 Å². The summed E-state index contributed by atoms with van der Waals surface area (Å²) in [6, 6.07) is 2.67. The van der Waals surface area contributed by atoms with Crippen LogP contribution in [0.4, 0.5) is 5.13 Å². The van der Waals surface area contributed by atoms with E-state index in [-0.39, 0.29) is 0 Å². The molecule has 0 aromatic carbocycles. The maximum Gasteiger partial charge on any atom is 0.185 e. The molecule has 104 valence electrons. The monoisotopic (exact) mass is 359 g/mol. The molecule has 19 heavy (non-hydrogen) atoms. The van der Waals surface area contributed by atoms with Crippen molar-refractivity contribution < 1.29 is 0 Å². The molecular formula is C13H18BrN3S2. The first-order valence-corrected chi connectivity index (χ1v) is 8.65. The van der Waals surface area contributed by atoms with Gasteiger partial charge in [-0.2, -0.15) is 0 Å². The first-order chi connectivity index (χ1) is 9.04. The highest BCUT2D eigenvalue weighted by molar-refractivity contribution is 9.11. The molecule has 0 fully saturated rings. The number of nitrogens with one attached hydrogen (secondary N) is 1. The predicted octanol–water partition coefficient (Wildman–Crippen LogP) is 4.10. The van der Waals surface area contributed by atoms with Crippen LogP contribution in [-0.4, -0.2) is 18.1 Å². The molecule has 2 aromatic rings. The van der Waals surface area contributed by atoms with Gasteiger partial charge in [0.1, 0.15) is 0 Å². The fraction of sp³-hybridized carbons (Fsp3) is 0.462. The van der Waals surface area contributed by atoms with Crippen molar-refractivity contribution in [3.8, 4) is 0 Å². The molecule has 0 spiro atoms. The van der Waals surface area contributed by atoms with E-state index in [0.717, 1.165) is 18.2 Å². The number of thiazole rings is 1. The Balaban J connectivity index is 1.94. The van der Waals surface area contributed by atoms with Gasteiger partial charge in [-0.25, -0.2) is 4.98 Å². The van der Waals surface area contributed by atoms with E-state index in [2.05, 4.69) is 63.5 Å². The van der Waals surface area contributed by atoms with Gasteiger partial charge in [-0.15, -0.1) is 22.7 Å².